The van der Waals surface area contributed by atoms with E-state index in [4.69, 9.17) is 9.47 Å². The van der Waals surface area contributed by atoms with Crippen LogP contribution >= 0.6 is 0 Å². The van der Waals surface area contributed by atoms with E-state index in [1.807, 2.05) is 54.6 Å². The van der Waals surface area contributed by atoms with Crippen LogP contribution in [0.15, 0.2) is 54.6 Å². The van der Waals surface area contributed by atoms with E-state index in [-0.39, 0.29) is 12.1 Å². The summed E-state index contributed by atoms with van der Waals surface area (Å²) in [5.74, 6) is 0.843. The van der Waals surface area contributed by atoms with Crippen molar-refractivity contribution in [1.29, 1.82) is 0 Å². The van der Waals surface area contributed by atoms with Crippen LogP contribution in [0, 0.1) is 0 Å². The molecule has 1 heterocycles. The topological polar surface area (TPSA) is 71.0 Å². The largest absolute Gasteiger partial charge is 0.490 e. The van der Waals surface area contributed by atoms with E-state index in [1.54, 1.807) is 4.90 Å². The third-order valence-electron chi connectivity index (χ3n) is 5.88. The number of benzene rings is 2. The number of carbonyl (C=O) groups is 1. The van der Waals surface area contributed by atoms with Gasteiger partial charge in [-0.3, -0.25) is 0 Å². The van der Waals surface area contributed by atoms with Gasteiger partial charge in [-0.25, -0.2) is 4.79 Å². The minimum Gasteiger partial charge on any atom is -0.490 e. The first kappa shape index (κ1) is 20.7. The first-order chi connectivity index (χ1) is 14.7. The predicted octanol–water partition coefficient (Wildman–Crippen LogP) is 4.36. The Bertz CT molecular complexity index is 806. The lowest BCUT2D eigenvalue weighted by molar-refractivity contribution is -0.00428. The fourth-order valence-corrected chi connectivity index (χ4v) is 4.20. The highest BCUT2D eigenvalue weighted by Crippen LogP contribution is 2.26. The van der Waals surface area contributed by atoms with Crippen LogP contribution < -0.4 is 10.1 Å². The molecule has 30 heavy (non-hydrogen) atoms. The summed E-state index contributed by atoms with van der Waals surface area (Å²) in [4.78, 5) is 14.7. The number of urea groups is 1. The Hall–Kier alpha value is -2.57. The fourth-order valence-electron chi connectivity index (χ4n) is 4.20. The van der Waals surface area contributed by atoms with Gasteiger partial charge in [0.1, 0.15) is 5.75 Å². The molecule has 6 heteroatoms. The minimum atomic E-state index is -0.639. The van der Waals surface area contributed by atoms with Crippen molar-refractivity contribution >= 4 is 11.7 Å². The Balaban J connectivity index is 1.34. The maximum absolute atomic E-state index is 12.9. The standard InChI is InChI=1S/C24H30N2O4/c27-23(18-6-2-1-3-7-18)16-20-17-29-15-14-26(20)24(28)25-19-10-12-22(13-11-19)30-21-8-4-5-9-21/h1-3,6-7,10-13,20-21,23,27H,4-5,8-9,14-17H2,(H,25,28)/t20-,23+/m1/s1. The molecule has 1 aliphatic carbocycles. The zero-order chi connectivity index (χ0) is 20.8. The van der Waals surface area contributed by atoms with E-state index in [0.717, 1.165) is 29.8 Å². The van der Waals surface area contributed by atoms with E-state index in [2.05, 4.69) is 5.32 Å². The number of ether oxygens (including phenoxy) is 2. The van der Waals surface area contributed by atoms with Crippen LogP contribution in [0.3, 0.4) is 0 Å². The summed E-state index contributed by atoms with van der Waals surface area (Å²) < 4.78 is 11.6. The van der Waals surface area contributed by atoms with Crippen molar-refractivity contribution in [3.8, 4) is 5.75 Å². The summed E-state index contributed by atoms with van der Waals surface area (Å²) in [6, 6.07) is 16.7. The first-order valence-electron chi connectivity index (χ1n) is 10.8. The lowest BCUT2D eigenvalue weighted by Crippen LogP contribution is -2.50. The van der Waals surface area contributed by atoms with Gasteiger partial charge in [0.25, 0.3) is 0 Å². The second kappa shape index (κ2) is 9.96. The Labute approximate surface area is 177 Å². The van der Waals surface area contributed by atoms with Gasteiger partial charge in [-0.2, -0.15) is 0 Å². The fraction of sp³-hybridized carbons (Fsp3) is 0.458. The molecule has 1 saturated heterocycles. The van der Waals surface area contributed by atoms with Crippen LogP contribution in [0.2, 0.25) is 0 Å². The Morgan fingerprint density at radius 2 is 1.87 bits per heavy atom. The van der Waals surface area contributed by atoms with Gasteiger partial charge in [0.05, 0.1) is 31.5 Å². The number of carbonyl (C=O) groups excluding carboxylic acids is 1. The molecule has 2 atom stereocenters. The summed E-state index contributed by atoms with van der Waals surface area (Å²) in [6.07, 6.45) is 4.82. The van der Waals surface area contributed by atoms with Gasteiger partial charge in [0, 0.05) is 18.7 Å². The van der Waals surface area contributed by atoms with Crippen molar-refractivity contribution < 1.29 is 19.4 Å². The zero-order valence-electron chi connectivity index (χ0n) is 17.2. The monoisotopic (exact) mass is 410 g/mol. The van der Waals surface area contributed by atoms with Crippen LogP contribution in [0.5, 0.6) is 5.75 Å². The molecule has 6 nitrogen and oxygen atoms in total. The SMILES string of the molecule is O=C(Nc1ccc(OC2CCCC2)cc1)N1CCOC[C@H]1C[C@H](O)c1ccccc1. The molecule has 160 valence electrons. The number of amides is 2. The van der Waals surface area contributed by atoms with Crippen LogP contribution in [-0.2, 0) is 4.74 Å². The van der Waals surface area contributed by atoms with Crippen molar-refractivity contribution in [2.24, 2.45) is 0 Å². The zero-order valence-corrected chi connectivity index (χ0v) is 17.2. The molecule has 2 fully saturated rings. The van der Waals surface area contributed by atoms with E-state index in [1.165, 1.54) is 12.8 Å². The van der Waals surface area contributed by atoms with Gasteiger partial charge in [0.15, 0.2) is 0 Å². The molecular formula is C24H30N2O4. The maximum Gasteiger partial charge on any atom is 0.322 e. The summed E-state index contributed by atoms with van der Waals surface area (Å²) in [5.41, 5.74) is 1.58. The Morgan fingerprint density at radius 1 is 1.13 bits per heavy atom. The number of aliphatic hydroxyl groups is 1. The highest BCUT2D eigenvalue weighted by atomic mass is 16.5. The molecule has 0 spiro atoms. The summed E-state index contributed by atoms with van der Waals surface area (Å²) in [6.45, 7) is 1.42. The average Bonchev–Trinajstić information content (AvgIpc) is 3.29. The molecule has 2 N–H and O–H groups in total. The van der Waals surface area contributed by atoms with Crippen molar-refractivity contribution in [3.63, 3.8) is 0 Å². The third kappa shape index (κ3) is 5.32. The quantitative estimate of drug-likeness (QED) is 0.742. The van der Waals surface area contributed by atoms with E-state index in [0.29, 0.717) is 32.3 Å². The number of nitrogens with one attached hydrogen (secondary N) is 1. The minimum absolute atomic E-state index is 0.173. The van der Waals surface area contributed by atoms with Gasteiger partial charge < -0.3 is 24.8 Å². The second-order valence-corrected chi connectivity index (χ2v) is 8.06. The number of hydrogen-bond donors (Lipinski definition) is 2. The molecule has 2 aromatic rings. The molecule has 0 bridgehead atoms. The maximum atomic E-state index is 12.9. The first-order valence-corrected chi connectivity index (χ1v) is 10.8. The lowest BCUT2D eigenvalue weighted by Gasteiger charge is -2.36. The van der Waals surface area contributed by atoms with Crippen LogP contribution in [-0.4, -0.2) is 47.9 Å². The predicted molar refractivity (Wildman–Crippen MR) is 116 cm³/mol. The van der Waals surface area contributed by atoms with E-state index in [9.17, 15) is 9.90 Å². The van der Waals surface area contributed by atoms with Gasteiger partial charge in [-0.1, -0.05) is 30.3 Å². The van der Waals surface area contributed by atoms with Crippen molar-refractivity contribution in [3.05, 3.63) is 60.2 Å². The van der Waals surface area contributed by atoms with Crippen molar-refractivity contribution in [2.45, 2.75) is 50.4 Å². The smallest absolute Gasteiger partial charge is 0.322 e. The number of nitrogens with zero attached hydrogens (tertiary/aromatic N) is 1. The summed E-state index contributed by atoms with van der Waals surface area (Å²) >= 11 is 0. The molecule has 2 aromatic carbocycles. The molecule has 1 saturated carbocycles. The van der Waals surface area contributed by atoms with Gasteiger partial charge >= 0.3 is 6.03 Å². The highest BCUT2D eigenvalue weighted by Gasteiger charge is 2.29. The van der Waals surface area contributed by atoms with E-state index >= 15 is 0 Å². The molecule has 2 aliphatic rings. The molecule has 4 rings (SSSR count). The van der Waals surface area contributed by atoms with Gasteiger partial charge in [-0.05, 0) is 55.5 Å². The highest BCUT2D eigenvalue weighted by molar-refractivity contribution is 5.89. The van der Waals surface area contributed by atoms with Crippen molar-refractivity contribution in [1.82, 2.24) is 4.90 Å². The van der Waals surface area contributed by atoms with Crippen LogP contribution in [0.1, 0.15) is 43.8 Å². The molecule has 0 aromatic heterocycles. The second-order valence-electron chi connectivity index (χ2n) is 8.06. The van der Waals surface area contributed by atoms with Crippen LogP contribution in [0.25, 0.3) is 0 Å². The molecule has 1 aliphatic heterocycles. The molecule has 0 radical (unpaired) electrons. The number of anilines is 1. The normalized spacial score (nSPS) is 20.7. The Morgan fingerprint density at radius 3 is 2.60 bits per heavy atom. The average molecular weight is 411 g/mol. The third-order valence-corrected chi connectivity index (χ3v) is 5.88. The van der Waals surface area contributed by atoms with Crippen molar-refractivity contribution in [2.75, 3.05) is 25.1 Å². The Kier molecular flexibility index (Phi) is 6.87. The number of rotatable bonds is 6. The van der Waals surface area contributed by atoms with E-state index < -0.39 is 6.10 Å². The van der Waals surface area contributed by atoms with Gasteiger partial charge in [0.2, 0.25) is 0 Å². The van der Waals surface area contributed by atoms with Gasteiger partial charge in [-0.15, -0.1) is 0 Å². The summed E-state index contributed by atoms with van der Waals surface area (Å²) in [7, 11) is 0. The number of morpholine rings is 1. The number of hydrogen-bond acceptors (Lipinski definition) is 4. The van der Waals surface area contributed by atoms with Crippen LogP contribution in [0.4, 0.5) is 10.5 Å². The number of aliphatic hydroxyl groups excluding tert-OH is 1. The lowest BCUT2D eigenvalue weighted by atomic mass is 10.0. The molecule has 2 amide bonds. The molecular weight excluding hydrogens is 380 g/mol. The molecule has 0 unspecified atom stereocenters. The summed E-state index contributed by atoms with van der Waals surface area (Å²) in [5, 5.41) is 13.6.